The number of nitrogens with zero attached hydrogens (tertiary/aromatic N) is 1. The van der Waals surface area contributed by atoms with E-state index in [2.05, 4.69) is 44.8 Å². The van der Waals surface area contributed by atoms with Crippen LogP contribution in [0, 0.1) is 5.41 Å². The first-order valence-corrected chi connectivity index (χ1v) is 8.38. The SMILES string of the molecule is CC(C)(CCN)CCC(=O)NC1CCN(C(C)(C)C)CC1. The molecular formula is C17H35N3O. The van der Waals surface area contributed by atoms with Crippen molar-refractivity contribution in [3.05, 3.63) is 0 Å². The van der Waals surface area contributed by atoms with Gasteiger partial charge in [0.25, 0.3) is 0 Å². The average Bonchev–Trinajstić information content (AvgIpc) is 2.36. The fourth-order valence-electron chi connectivity index (χ4n) is 2.96. The molecule has 1 fully saturated rings. The van der Waals surface area contributed by atoms with Gasteiger partial charge in [-0.1, -0.05) is 13.8 Å². The molecule has 0 aromatic rings. The quantitative estimate of drug-likeness (QED) is 0.792. The fourth-order valence-corrected chi connectivity index (χ4v) is 2.96. The summed E-state index contributed by atoms with van der Waals surface area (Å²) in [6, 6.07) is 0.355. The van der Waals surface area contributed by atoms with Crippen molar-refractivity contribution in [2.45, 2.75) is 78.3 Å². The highest BCUT2D eigenvalue weighted by molar-refractivity contribution is 5.76. The van der Waals surface area contributed by atoms with Crippen molar-refractivity contribution in [1.29, 1.82) is 0 Å². The van der Waals surface area contributed by atoms with E-state index in [9.17, 15) is 4.79 Å². The molecule has 0 saturated carbocycles. The molecule has 1 aliphatic rings. The van der Waals surface area contributed by atoms with E-state index in [0.717, 1.165) is 38.8 Å². The number of hydrogen-bond acceptors (Lipinski definition) is 3. The first-order chi connectivity index (χ1) is 9.64. The monoisotopic (exact) mass is 297 g/mol. The zero-order chi connectivity index (χ0) is 16.1. The van der Waals surface area contributed by atoms with Crippen LogP contribution in [-0.4, -0.2) is 42.0 Å². The van der Waals surface area contributed by atoms with Gasteiger partial charge in [0.05, 0.1) is 0 Å². The van der Waals surface area contributed by atoms with Gasteiger partial charge in [0.2, 0.25) is 5.91 Å². The summed E-state index contributed by atoms with van der Waals surface area (Å²) in [5, 5.41) is 3.21. The van der Waals surface area contributed by atoms with E-state index in [-0.39, 0.29) is 16.9 Å². The van der Waals surface area contributed by atoms with Crippen LogP contribution >= 0.6 is 0 Å². The molecule has 0 aromatic heterocycles. The molecule has 0 spiro atoms. The molecule has 124 valence electrons. The van der Waals surface area contributed by atoms with Crippen molar-refractivity contribution in [3.8, 4) is 0 Å². The van der Waals surface area contributed by atoms with Gasteiger partial charge in [0.1, 0.15) is 0 Å². The molecule has 21 heavy (non-hydrogen) atoms. The third-order valence-corrected chi connectivity index (χ3v) is 4.66. The highest BCUT2D eigenvalue weighted by atomic mass is 16.1. The number of nitrogens with one attached hydrogen (secondary N) is 1. The van der Waals surface area contributed by atoms with Crippen molar-refractivity contribution in [3.63, 3.8) is 0 Å². The molecule has 0 aromatic carbocycles. The predicted molar refractivity (Wildman–Crippen MR) is 89.2 cm³/mol. The standard InChI is InChI=1S/C17H35N3O/c1-16(2,3)20-12-7-14(8-13-20)19-15(21)6-9-17(4,5)10-11-18/h14H,6-13,18H2,1-5H3,(H,19,21). The third kappa shape index (κ3) is 6.79. The lowest BCUT2D eigenvalue weighted by Crippen LogP contribution is -2.50. The molecule has 1 aliphatic heterocycles. The highest BCUT2D eigenvalue weighted by Crippen LogP contribution is 2.26. The second-order valence-electron chi connectivity index (χ2n) is 8.20. The van der Waals surface area contributed by atoms with Gasteiger partial charge in [-0.05, 0) is 58.4 Å². The summed E-state index contributed by atoms with van der Waals surface area (Å²) < 4.78 is 0. The van der Waals surface area contributed by atoms with Crippen LogP contribution in [0.3, 0.4) is 0 Å². The van der Waals surface area contributed by atoms with E-state index in [4.69, 9.17) is 5.73 Å². The van der Waals surface area contributed by atoms with Gasteiger partial charge >= 0.3 is 0 Å². The molecule has 4 heteroatoms. The molecule has 0 bridgehead atoms. The Morgan fingerprint density at radius 2 is 1.71 bits per heavy atom. The van der Waals surface area contributed by atoms with Crippen LogP contribution in [0.15, 0.2) is 0 Å². The van der Waals surface area contributed by atoms with Crippen LogP contribution in [0.2, 0.25) is 0 Å². The maximum atomic E-state index is 12.1. The van der Waals surface area contributed by atoms with Gasteiger partial charge in [-0.15, -0.1) is 0 Å². The highest BCUT2D eigenvalue weighted by Gasteiger charge is 2.27. The smallest absolute Gasteiger partial charge is 0.220 e. The summed E-state index contributed by atoms with van der Waals surface area (Å²) >= 11 is 0. The van der Waals surface area contributed by atoms with Crippen LogP contribution in [0.4, 0.5) is 0 Å². The Kier molecular flexibility index (Phi) is 6.67. The molecule has 1 amide bonds. The molecule has 0 unspecified atom stereocenters. The van der Waals surface area contributed by atoms with Crippen LogP contribution in [0.1, 0.15) is 66.7 Å². The van der Waals surface area contributed by atoms with Gasteiger partial charge in [-0.2, -0.15) is 0 Å². The molecule has 1 heterocycles. The van der Waals surface area contributed by atoms with Crippen LogP contribution in [0.25, 0.3) is 0 Å². The molecule has 0 atom stereocenters. The summed E-state index contributed by atoms with van der Waals surface area (Å²) in [5.41, 5.74) is 6.02. The van der Waals surface area contributed by atoms with E-state index in [1.54, 1.807) is 0 Å². The second kappa shape index (κ2) is 7.59. The molecule has 1 rings (SSSR count). The van der Waals surface area contributed by atoms with Crippen molar-refractivity contribution >= 4 is 5.91 Å². The van der Waals surface area contributed by atoms with Gasteiger partial charge in [-0.25, -0.2) is 0 Å². The minimum absolute atomic E-state index is 0.168. The molecule has 0 aliphatic carbocycles. The van der Waals surface area contributed by atoms with Gasteiger partial charge < -0.3 is 11.1 Å². The van der Waals surface area contributed by atoms with Crippen LogP contribution in [0.5, 0.6) is 0 Å². The Hall–Kier alpha value is -0.610. The Balaban J connectivity index is 2.28. The summed E-state index contributed by atoms with van der Waals surface area (Å²) in [6.07, 6.45) is 4.64. The lowest BCUT2D eigenvalue weighted by molar-refractivity contribution is -0.122. The number of amides is 1. The van der Waals surface area contributed by atoms with E-state index in [1.807, 2.05) is 0 Å². The minimum Gasteiger partial charge on any atom is -0.353 e. The first kappa shape index (κ1) is 18.4. The lowest BCUT2D eigenvalue weighted by atomic mass is 9.84. The lowest BCUT2D eigenvalue weighted by Gasteiger charge is -2.41. The predicted octanol–water partition coefficient (Wildman–Crippen LogP) is 2.52. The average molecular weight is 297 g/mol. The van der Waals surface area contributed by atoms with E-state index >= 15 is 0 Å². The van der Waals surface area contributed by atoms with Gasteiger partial charge in [0, 0.05) is 31.1 Å². The number of hydrogen-bond donors (Lipinski definition) is 2. The Labute approximate surface area is 130 Å². The topological polar surface area (TPSA) is 58.4 Å². The van der Waals surface area contributed by atoms with Crippen molar-refractivity contribution in [2.24, 2.45) is 11.1 Å². The number of likely N-dealkylation sites (tertiary alicyclic amines) is 1. The summed E-state index contributed by atoms with van der Waals surface area (Å²) in [5.74, 6) is 0.203. The van der Waals surface area contributed by atoms with Crippen LogP contribution in [-0.2, 0) is 4.79 Å². The molecule has 3 N–H and O–H groups in total. The summed E-state index contributed by atoms with van der Waals surface area (Å²) in [7, 11) is 0. The molecule has 1 saturated heterocycles. The zero-order valence-corrected chi connectivity index (χ0v) is 14.7. The first-order valence-electron chi connectivity index (χ1n) is 8.38. The van der Waals surface area contributed by atoms with Crippen molar-refractivity contribution in [1.82, 2.24) is 10.2 Å². The Morgan fingerprint density at radius 3 is 2.19 bits per heavy atom. The second-order valence-corrected chi connectivity index (χ2v) is 8.20. The van der Waals surface area contributed by atoms with E-state index in [1.165, 1.54) is 0 Å². The third-order valence-electron chi connectivity index (χ3n) is 4.66. The van der Waals surface area contributed by atoms with Crippen molar-refractivity contribution in [2.75, 3.05) is 19.6 Å². The van der Waals surface area contributed by atoms with Crippen LogP contribution < -0.4 is 11.1 Å². The minimum atomic E-state index is 0.168. The number of nitrogens with two attached hydrogens (primary N) is 1. The Morgan fingerprint density at radius 1 is 1.14 bits per heavy atom. The number of carbonyl (C=O) groups excluding carboxylic acids is 1. The fraction of sp³-hybridized carbons (Fsp3) is 0.941. The summed E-state index contributed by atoms with van der Waals surface area (Å²) in [6.45, 7) is 14.0. The molecular weight excluding hydrogens is 262 g/mol. The maximum absolute atomic E-state index is 12.1. The largest absolute Gasteiger partial charge is 0.353 e. The van der Waals surface area contributed by atoms with E-state index < -0.39 is 0 Å². The normalized spacial score (nSPS) is 18.8. The number of rotatable bonds is 6. The number of carbonyl (C=O) groups is 1. The molecule has 4 nitrogen and oxygen atoms in total. The zero-order valence-electron chi connectivity index (χ0n) is 14.7. The van der Waals surface area contributed by atoms with E-state index in [0.29, 0.717) is 19.0 Å². The van der Waals surface area contributed by atoms with Gasteiger partial charge in [0.15, 0.2) is 0 Å². The number of piperidine rings is 1. The molecule has 0 radical (unpaired) electrons. The van der Waals surface area contributed by atoms with Gasteiger partial charge in [-0.3, -0.25) is 9.69 Å². The summed E-state index contributed by atoms with van der Waals surface area (Å²) in [4.78, 5) is 14.6. The Bertz CT molecular complexity index is 325. The maximum Gasteiger partial charge on any atom is 0.220 e. The van der Waals surface area contributed by atoms with Crippen molar-refractivity contribution < 1.29 is 4.79 Å².